The fourth-order valence-electron chi connectivity index (χ4n) is 3.73. The molecule has 4 rings (SSSR count). The minimum Gasteiger partial charge on any atom is -0.493 e. The molecule has 1 fully saturated rings. The smallest absolute Gasteiger partial charge is 0.373 e. The lowest BCUT2D eigenvalue weighted by atomic mass is 10.0. The first-order valence-corrected chi connectivity index (χ1v) is 11.6. The number of anilines is 1. The van der Waals surface area contributed by atoms with Crippen LogP contribution in [0.15, 0.2) is 58.5 Å². The van der Waals surface area contributed by atoms with E-state index in [-0.39, 0.29) is 23.1 Å². The zero-order valence-corrected chi connectivity index (χ0v) is 21.4. The van der Waals surface area contributed by atoms with Gasteiger partial charge < -0.3 is 18.6 Å². The molecule has 0 atom stereocenters. The van der Waals surface area contributed by atoms with Crippen molar-refractivity contribution < 1.29 is 33.0 Å². The summed E-state index contributed by atoms with van der Waals surface area (Å²) in [6.45, 7) is 3.87. The highest BCUT2D eigenvalue weighted by Crippen LogP contribution is 2.31. The Morgan fingerprint density at radius 3 is 2.59 bits per heavy atom. The summed E-state index contributed by atoms with van der Waals surface area (Å²) in [4.78, 5) is 38.9. The van der Waals surface area contributed by atoms with Gasteiger partial charge in [-0.25, -0.2) is 4.79 Å². The molecule has 0 radical (unpaired) electrons. The second-order valence-corrected chi connectivity index (χ2v) is 8.52. The quantitative estimate of drug-likeness (QED) is 0.215. The molecule has 0 bridgehead atoms. The fourth-order valence-corrected chi connectivity index (χ4v) is 4.00. The van der Waals surface area contributed by atoms with Gasteiger partial charge in [-0.1, -0.05) is 18.2 Å². The van der Waals surface area contributed by atoms with E-state index in [9.17, 15) is 14.4 Å². The Balaban J connectivity index is 1.58. The summed E-state index contributed by atoms with van der Waals surface area (Å²) in [5, 5.41) is 2.62. The predicted octanol–water partition coefficient (Wildman–Crippen LogP) is 4.10. The van der Waals surface area contributed by atoms with Crippen LogP contribution in [0.1, 0.15) is 33.0 Å². The fraction of sp³-hybridized carbons (Fsp3) is 0.185. The van der Waals surface area contributed by atoms with Gasteiger partial charge in [-0.15, -0.1) is 0 Å². The maximum Gasteiger partial charge on any atom is 0.373 e. The first kappa shape index (κ1) is 25.6. The molecular formula is C27H24N2O7S. The van der Waals surface area contributed by atoms with Crippen LogP contribution in [0.5, 0.6) is 11.5 Å². The molecule has 0 spiro atoms. The van der Waals surface area contributed by atoms with Crippen molar-refractivity contribution in [1.29, 1.82) is 0 Å². The Kier molecular flexibility index (Phi) is 7.40. The van der Waals surface area contributed by atoms with Crippen molar-refractivity contribution >= 4 is 46.9 Å². The van der Waals surface area contributed by atoms with Crippen LogP contribution in [-0.2, 0) is 20.9 Å². The van der Waals surface area contributed by atoms with Gasteiger partial charge in [0, 0.05) is 0 Å². The van der Waals surface area contributed by atoms with E-state index < -0.39 is 17.8 Å². The van der Waals surface area contributed by atoms with E-state index >= 15 is 0 Å². The molecule has 0 unspecified atom stereocenters. The average Bonchev–Trinajstić information content (AvgIpc) is 3.36. The molecule has 1 N–H and O–H groups in total. The molecule has 9 nitrogen and oxygen atoms in total. The molecule has 1 aromatic heterocycles. The van der Waals surface area contributed by atoms with E-state index in [0.717, 1.165) is 11.1 Å². The van der Waals surface area contributed by atoms with Gasteiger partial charge in [-0.05, 0) is 79.2 Å². The van der Waals surface area contributed by atoms with Gasteiger partial charge in [-0.2, -0.15) is 0 Å². The van der Waals surface area contributed by atoms with Crippen LogP contribution in [0.3, 0.4) is 0 Å². The molecule has 1 aliphatic heterocycles. The second-order valence-electron chi connectivity index (χ2n) is 8.13. The third kappa shape index (κ3) is 5.24. The summed E-state index contributed by atoms with van der Waals surface area (Å²) in [5.41, 5.74) is 2.95. The van der Waals surface area contributed by atoms with Crippen molar-refractivity contribution in [2.45, 2.75) is 20.5 Å². The van der Waals surface area contributed by atoms with E-state index in [0.29, 0.717) is 28.5 Å². The maximum absolute atomic E-state index is 13.4. The highest BCUT2D eigenvalue weighted by atomic mass is 32.1. The molecule has 1 aliphatic rings. The van der Waals surface area contributed by atoms with Gasteiger partial charge in [0.1, 0.15) is 17.9 Å². The number of nitrogens with one attached hydrogen (secondary N) is 1. The van der Waals surface area contributed by atoms with Crippen LogP contribution in [-0.4, -0.2) is 37.1 Å². The van der Waals surface area contributed by atoms with Crippen molar-refractivity contribution in [3.63, 3.8) is 0 Å². The van der Waals surface area contributed by atoms with E-state index in [1.807, 2.05) is 26.0 Å². The van der Waals surface area contributed by atoms with Crippen LogP contribution in [0.2, 0.25) is 0 Å². The number of amides is 2. The molecule has 37 heavy (non-hydrogen) atoms. The standard InChI is InChI=1S/C27H24N2O7S/c1-15-6-5-7-20(16(15)2)29-25(31)19(24(30)28-27(29)37)12-17-8-10-21(23(13-17)33-3)35-14-18-9-11-22(36-18)26(32)34-4/h5-13H,14H2,1-4H3,(H,28,30,37). The molecule has 190 valence electrons. The molecular weight excluding hydrogens is 496 g/mol. The number of ether oxygens (including phenoxy) is 3. The SMILES string of the molecule is COC(=O)c1ccc(COc2ccc(C=C3C(=O)NC(=S)N(c4cccc(C)c4C)C3=O)cc2OC)o1. The number of benzene rings is 2. The number of esters is 1. The molecule has 2 amide bonds. The number of aryl methyl sites for hydroxylation is 1. The predicted molar refractivity (Wildman–Crippen MR) is 139 cm³/mol. The Hall–Kier alpha value is -4.44. The number of carbonyl (C=O) groups is 3. The highest BCUT2D eigenvalue weighted by Gasteiger charge is 2.35. The Bertz CT molecular complexity index is 1440. The van der Waals surface area contributed by atoms with Crippen LogP contribution >= 0.6 is 12.2 Å². The van der Waals surface area contributed by atoms with E-state index in [4.69, 9.17) is 26.1 Å². The monoisotopic (exact) mass is 520 g/mol. The van der Waals surface area contributed by atoms with Gasteiger partial charge >= 0.3 is 5.97 Å². The minimum atomic E-state index is -0.588. The van der Waals surface area contributed by atoms with Gasteiger partial charge in [0.15, 0.2) is 16.6 Å². The van der Waals surface area contributed by atoms with E-state index in [1.54, 1.807) is 30.3 Å². The third-order valence-electron chi connectivity index (χ3n) is 5.84. The van der Waals surface area contributed by atoms with Crippen molar-refractivity contribution in [1.82, 2.24) is 5.32 Å². The number of carbonyl (C=O) groups excluding carboxylic acids is 3. The van der Waals surface area contributed by atoms with Gasteiger partial charge in [0.25, 0.3) is 11.8 Å². The highest BCUT2D eigenvalue weighted by molar-refractivity contribution is 7.80. The normalized spacial score (nSPS) is 14.5. The summed E-state index contributed by atoms with van der Waals surface area (Å²) in [6.07, 6.45) is 1.47. The molecule has 10 heteroatoms. The van der Waals surface area contributed by atoms with E-state index in [2.05, 4.69) is 10.1 Å². The molecule has 3 aromatic rings. The van der Waals surface area contributed by atoms with Crippen LogP contribution in [0, 0.1) is 13.8 Å². The molecule has 0 saturated carbocycles. The van der Waals surface area contributed by atoms with Crippen LogP contribution < -0.4 is 19.7 Å². The summed E-state index contributed by atoms with van der Waals surface area (Å²) in [7, 11) is 2.74. The van der Waals surface area contributed by atoms with Crippen LogP contribution in [0.4, 0.5) is 5.69 Å². The van der Waals surface area contributed by atoms with Crippen molar-refractivity contribution in [2.75, 3.05) is 19.1 Å². The first-order valence-electron chi connectivity index (χ1n) is 11.2. The Morgan fingerprint density at radius 2 is 1.86 bits per heavy atom. The molecule has 2 heterocycles. The lowest BCUT2D eigenvalue weighted by Crippen LogP contribution is -2.54. The topological polar surface area (TPSA) is 107 Å². The molecule has 2 aromatic carbocycles. The molecule has 0 aliphatic carbocycles. The number of methoxy groups -OCH3 is 2. The van der Waals surface area contributed by atoms with Crippen molar-refractivity contribution in [3.05, 3.63) is 82.3 Å². The lowest BCUT2D eigenvalue weighted by Gasteiger charge is -2.30. The zero-order chi connectivity index (χ0) is 26.7. The number of rotatable bonds is 7. The van der Waals surface area contributed by atoms with E-state index in [1.165, 1.54) is 31.3 Å². The second kappa shape index (κ2) is 10.7. The Morgan fingerprint density at radius 1 is 1.08 bits per heavy atom. The number of nitrogens with zero attached hydrogens (tertiary/aromatic N) is 1. The van der Waals surface area contributed by atoms with Gasteiger partial charge in [0.2, 0.25) is 5.76 Å². The van der Waals surface area contributed by atoms with Gasteiger partial charge in [-0.3, -0.25) is 19.8 Å². The number of hydrogen-bond donors (Lipinski definition) is 1. The maximum atomic E-state index is 13.4. The number of furan rings is 1. The number of hydrogen-bond acceptors (Lipinski definition) is 8. The number of thiocarbonyl (C=S) groups is 1. The zero-order valence-electron chi connectivity index (χ0n) is 20.6. The van der Waals surface area contributed by atoms with Crippen LogP contribution in [0.25, 0.3) is 6.08 Å². The molecule has 1 saturated heterocycles. The van der Waals surface area contributed by atoms with Gasteiger partial charge in [0.05, 0.1) is 19.9 Å². The first-order chi connectivity index (χ1) is 17.7. The Labute approximate surface area is 218 Å². The summed E-state index contributed by atoms with van der Waals surface area (Å²) < 4.78 is 21.2. The largest absolute Gasteiger partial charge is 0.493 e. The van der Waals surface area contributed by atoms with Crippen molar-refractivity contribution in [3.8, 4) is 11.5 Å². The third-order valence-corrected chi connectivity index (χ3v) is 6.12. The summed E-state index contributed by atoms with van der Waals surface area (Å²) in [6, 6.07) is 13.6. The lowest BCUT2D eigenvalue weighted by molar-refractivity contribution is -0.122. The minimum absolute atomic E-state index is 0.0236. The summed E-state index contributed by atoms with van der Waals surface area (Å²) in [5.74, 6) is -0.436. The summed E-state index contributed by atoms with van der Waals surface area (Å²) >= 11 is 5.31. The average molecular weight is 521 g/mol. The van der Waals surface area contributed by atoms with Crippen molar-refractivity contribution in [2.24, 2.45) is 0 Å².